The molecule has 1 aromatic carbocycles. The van der Waals surface area contributed by atoms with Crippen LogP contribution in [0.15, 0.2) is 36.0 Å². The fraction of sp³-hybridized carbons (Fsp3) is 0.308. The Morgan fingerprint density at radius 1 is 1.38 bits per heavy atom. The summed E-state index contributed by atoms with van der Waals surface area (Å²) in [5, 5.41) is 8.51. The van der Waals surface area contributed by atoms with Crippen molar-refractivity contribution in [1.82, 2.24) is 4.90 Å². The van der Waals surface area contributed by atoms with Crippen LogP contribution in [-0.4, -0.2) is 18.6 Å². The largest absolute Gasteiger partial charge is 0.497 e. The summed E-state index contributed by atoms with van der Waals surface area (Å²) in [5.41, 5.74) is 2.48. The van der Waals surface area contributed by atoms with Crippen molar-refractivity contribution in [3.05, 3.63) is 41.6 Å². The molecule has 1 aliphatic heterocycles. The molecule has 0 atom stereocenters. The van der Waals surface area contributed by atoms with Crippen molar-refractivity contribution in [2.45, 2.75) is 13.0 Å². The van der Waals surface area contributed by atoms with E-state index in [1.54, 1.807) is 7.11 Å². The van der Waals surface area contributed by atoms with Crippen molar-refractivity contribution in [2.24, 2.45) is 0 Å². The number of methoxy groups -OCH3 is 1. The van der Waals surface area contributed by atoms with Crippen molar-refractivity contribution in [3.63, 3.8) is 0 Å². The maximum atomic E-state index is 8.51. The SMILES string of the molecule is COc1ccc(CN2C=C(CC#N)C2)cc1. The highest BCUT2D eigenvalue weighted by Crippen LogP contribution is 2.20. The predicted molar refractivity (Wildman–Crippen MR) is 61.7 cm³/mol. The fourth-order valence-electron chi connectivity index (χ4n) is 1.76. The predicted octanol–water partition coefficient (Wildman–Crippen LogP) is 2.31. The van der Waals surface area contributed by atoms with Crippen molar-refractivity contribution in [2.75, 3.05) is 13.7 Å². The molecule has 82 valence electrons. The molecular formula is C13H14N2O. The van der Waals surface area contributed by atoms with Gasteiger partial charge in [-0.05, 0) is 23.3 Å². The number of nitrogens with zero attached hydrogens (tertiary/aromatic N) is 2. The Labute approximate surface area is 95.6 Å². The normalized spacial score (nSPS) is 13.8. The van der Waals surface area contributed by atoms with Crippen molar-refractivity contribution < 1.29 is 4.74 Å². The Hall–Kier alpha value is -1.95. The number of hydrogen-bond acceptors (Lipinski definition) is 3. The van der Waals surface area contributed by atoms with Gasteiger partial charge in [0.1, 0.15) is 5.75 Å². The van der Waals surface area contributed by atoms with Crippen LogP contribution in [0.2, 0.25) is 0 Å². The molecule has 0 radical (unpaired) electrons. The summed E-state index contributed by atoms with van der Waals surface area (Å²) < 4.78 is 5.10. The van der Waals surface area contributed by atoms with Gasteiger partial charge in [-0.1, -0.05) is 12.1 Å². The van der Waals surface area contributed by atoms with Crippen LogP contribution in [0.4, 0.5) is 0 Å². The zero-order chi connectivity index (χ0) is 11.4. The smallest absolute Gasteiger partial charge is 0.118 e. The van der Waals surface area contributed by atoms with E-state index in [2.05, 4.69) is 29.3 Å². The first kappa shape index (κ1) is 10.6. The molecule has 2 rings (SSSR count). The van der Waals surface area contributed by atoms with Crippen LogP contribution in [0, 0.1) is 11.3 Å². The van der Waals surface area contributed by atoms with Gasteiger partial charge >= 0.3 is 0 Å². The summed E-state index contributed by atoms with van der Waals surface area (Å²) in [6.45, 7) is 1.82. The average molecular weight is 214 g/mol. The molecule has 0 saturated heterocycles. The van der Waals surface area contributed by atoms with Gasteiger partial charge in [-0.25, -0.2) is 0 Å². The van der Waals surface area contributed by atoms with E-state index < -0.39 is 0 Å². The maximum absolute atomic E-state index is 8.51. The molecule has 0 unspecified atom stereocenters. The van der Waals surface area contributed by atoms with Gasteiger partial charge in [-0.2, -0.15) is 5.26 Å². The van der Waals surface area contributed by atoms with Gasteiger partial charge in [0.25, 0.3) is 0 Å². The minimum Gasteiger partial charge on any atom is -0.497 e. The molecule has 0 fully saturated rings. The van der Waals surface area contributed by atoms with Crippen molar-refractivity contribution in [3.8, 4) is 11.8 Å². The number of rotatable bonds is 4. The van der Waals surface area contributed by atoms with Crippen molar-refractivity contribution >= 4 is 0 Å². The lowest BCUT2D eigenvalue weighted by Gasteiger charge is -2.30. The molecule has 0 aliphatic carbocycles. The lowest BCUT2D eigenvalue weighted by molar-refractivity contribution is 0.345. The van der Waals surface area contributed by atoms with Crippen molar-refractivity contribution in [1.29, 1.82) is 5.26 Å². The fourth-order valence-corrected chi connectivity index (χ4v) is 1.76. The van der Waals surface area contributed by atoms with Gasteiger partial charge in [-0.3, -0.25) is 0 Å². The lowest BCUT2D eigenvalue weighted by Crippen LogP contribution is -2.28. The molecule has 1 heterocycles. The summed E-state index contributed by atoms with van der Waals surface area (Å²) >= 11 is 0. The summed E-state index contributed by atoms with van der Waals surface area (Å²) in [6.07, 6.45) is 2.62. The van der Waals surface area contributed by atoms with Gasteiger partial charge in [0.15, 0.2) is 0 Å². The molecule has 3 nitrogen and oxygen atoms in total. The Morgan fingerprint density at radius 3 is 2.62 bits per heavy atom. The molecule has 1 aliphatic rings. The highest BCUT2D eigenvalue weighted by molar-refractivity contribution is 5.28. The third kappa shape index (κ3) is 2.34. The molecule has 0 bridgehead atoms. The van der Waals surface area contributed by atoms with E-state index in [-0.39, 0.29) is 0 Å². The van der Waals surface area contributed by atoms with Crippen LogP contribution >= 0.6 is 0 Å². The van der Waals surface area contributed by atoms with Crippen LogP contribution in [0.3, 0.4) is 0 Å². The van der Waals surface area contributed by atoms with E-state index >= 15 is 0 Å². The molecule has 0 spiro atoms. The zero-order valence-corrected chi connectivity index (χ0v) is 9.31. The molecule has 0 aromatic heterocycles. The van der Waals surface area contributed by atoms with Crippen LogP contribution in [0.5, 0.6) is 5.75 Å². The Morgan fingerprint density at radius 2 is 2.06 bits per heavy atom. The Balaban J connectivity index is 1.89. The molecule has 1 aromatic rings. The number of ether oxygens (including phenoxy) is 1. The van der Waals surface area contributed by atoms with Gasteiger partial charge in [0.05, 0.1) is 19.6 Å². The number of benzene rings is 1. The first-order valence-electron chi connectivity index (χ1n) is 5.25. The van der Waals surface area contributed by atoms with Crippen LogP contribution < -0.4 is 4.74 Å². The first-order chi connectivity index (χ1) is 7.81. The third-order valence-electron chi connectivity index (χ3n) is 2.62. The second-order valence-electron chi connectivity index (χ2n) is 3.88. The highest BCUT2D eigenvalue weighted by Gasteiger charge is 2.14. The highest BCUT2D eigenvalue weighted by atomic mass is 16.5. The number of hydrogen-bond donors (Lipinski definition) is 0. The van der Waals surface area contributed by atoms with E-state index in [9.17, 15) is 0 Å². The zero-order valence-electron chi connectivity index (χ0n) is 9.31. The first-order valence-corrected chi connectivity index (χ1v) is 5.25. The van der Waals surface area contributed by atoms with E-state index in [0.717, 1.165) is 18.8 Å². The third-order valence-corrected chi connectivity index (χ3v) is 2.62. The summed E-state index contributed by atoms with van der Waals surface area (Å²) in [7, 11) is 1.67. The Bertz CT molecular complexity index is 428. The number of nitriles is 1. The minimum absolute atomic E-state index is 0.555. The average Bonchev–Trinajstić information content (AvgIpc) is 2.27. The molecule has 0 N–H and O–H groups in total. The van der Waals surface area contributed by atoms with Gasteiger partial charge in [-0.15, -0.1) is 0 Å². The molecule has 3 heteroatoms. The second-order valence-corrected chi connectivity index (χ2v) is 3.88. The minimum atomic E-state index is 0.555. The van der Waals surface area contributed by atoms with E-state index in [1.807, 2.05) is 12.1 Å². The molecule has 0 amide bonds. The van der Waals surface area contributed by atoms with E-state index in [0.29, 0.717) is 6.42 Å². The molecule has 16 heavy (non-hydrogen) atoms. The van der Waals surface area contributed by atoms with Gasteiger partial charge in [0, 0.05) is 19.3 Å². The summed E-state index contributed by atoms with van der Waals surface area (Å²) in [5.74, 6) is 0.882. The molecular weight excluding hydrogens is 200 g/mol. The summed E-state index contributed by atoms with van der Waals surface area (Å²) in [6, 6.07) is 10.2. The van der Waals surface area contributed by atoms with Crippen LogP contribution in [-0.2, 0) is 6.54 Å². The summed E-state index contributed by atoms with van der Waals surface area (Å²) in [4.78, 5) is 2.20. The lowest BCUT2D eigenvalue weighted by atomic mass is 10.1. The standard InChI is InChI=1S/C13H14N2O/c1-16-13-4-2-11(3-5-13)8-15-9-12(10-15)6-7-14/h2-5,9H,6,8,10H2,1H3. The van der Waals surface area contributed by atoms with Crippen LogP contribution in [0.25, 0.3) is 0 Å². The maximum Gasteiger partial charge on any atom is 0.118 e. The van der Waals surface area contributed by atoms with Gasteiger partial charge < -0.3 is 9.64 Å². The Kier molecular flexibility index (Phi) is 3.11. The monoisotopic (exact) mass is 214 g/mol. The van der Waals surface area contributed by atoms with Crippen LogP contribution in [0.1, 0.15) is 12.0 Å². The quantitative estimate of drug-likeness (QED) is 0.771. The topological polar surface area (TPSA) is 36.3 Å². The van der Waals surface area contributed by atoms with E-state index in [1.165, 1.54) is 11.1 Å². The van der Waals surface area contributed by atoms with Gasteiger partial charge in [0.2, 0.25) is 0 Å². The molecule has 0 saturated carbocycles. The van der Waals surface area contributed by atoms with E-state index in [4.69, 9.17) is 10.00 Å². The second kappa shape index (κ2) is 4.71.